The van der Waals surface area contributed by atoms with Crippen molar-refractivity contribution in [2.75, 3.05) is 7.05 Å². The summed E-state index contributed by atoms with van der Waals surface area (Å²) in [6.07, 6.45) is 9.30. The smallest absolute Gasteiger partial charge is 0.0335 e. The Bertz CT molecular complexity index is 328. The van der Waals surface area contributed by atoms with Gasteiger partial charge in [0.1, 0.15) is 0 Å². The predicted octanol–water partition coefficient (Wildman–Crippen LogP) is 3.65. The summed E-state index contributed by atoms with van der Waals surface area (Å²) in [6, 6.07) is 5.44. The topological polar surface area (TPSA) is 16.1 Å². The first-order valence-corrected chi connectivity index (χ1v) is 6.80. The molecule has 1 aromatic heterocycles. The molecule has 2 rings (SSSR count). The molecule has 94 valence electrons. The average Bonchev–Trinajstić information content (AvgIpc) is 2.39. The molecular weight excluding hydrogens is 208 g/mol. The van der Waals surface area contributed by atoms with Crippen molar-refractivity contribution in [1.29, 1.82) is 0 Å². The minimum absolute atomic E-state index is 0.474. The van der Waals surface area contributed by atoms with E-state index in [9.17, 15) is 0 Å². The van der Waals surface area contributed by atoms with Crippen molar-refractivity contribution >= 4 is 0 Å². The molecule has 0 saturated heterocycles. The average molecular weight is 232 g/mol. The zero-order valence-electron chi connectivity index (χ0n) is 11.3. The lowest BCUT2D eigenvalue weighted by atomic mass is 9.86. The van der Waals surface area contributed by atoms with E-state index >= 15 is 0 Å². The van der Waals surface area contributed by atoms with Crippen LogP contribution in [0, 0.1) is 5.92 Å². The molecule has 1 unspecified atom stereocenters. The minimum atomic E-state index is 0.474. The lowest BCUT2D eigenvalue weighted by molar-refractivity contribution is 0.131. The second-order valence-corrected chi connectivity index (χ2v) is 5.54. The first-order chi connectivity index (χ1) is 8.18. The Kier molecular flexibility index (Phi) is 4.16. The molecule has 2 nitrogen and oxygen atoms in total. The normalized spacial score (nSPS) is 27.1. The van der Waals surface area contributed by atoms with Gasteiger partial charge >= 0.3 is 0 Å². The summed E-state index contributed by atoms with van der Waals surface area (Å²) in [6.45, 7) is 4.66. The van der Waals surface area contributed by atoms with Crippen LogP contribution in [0.15, 0.2) is 24.5 Å². The first kappa shape index (κ1) is 12.6. The molecule has 0 aromatic carbocycles. The standard InChI is InChI=1S/C15H24N2/c1-12-6-8-15(9-7-12)17(3)13(2)14-5-4-10-16-11-14/h4-5,10-13,15H,6-9H2,1-3H3/t12-,13?,15-. The second kappa shape index (κ2) is 5.63. The van der Waals surface area contributed by atoms with Gasteiger partial charge in [0, 0.05) is 24.5 Å². The monoisotopic (exact) mass is 232 g/mol. The van der Waals surface area contributed by atoms with Gasteiger partial charge in [0.05, 0.1) is 0 Å². The van der Waals surface area contributed by atoms with Crippen LogP contribution in [0.1, 0.15) is 51.1 Å². The quantitative estimate of drug-likeness (QED) is 0.790. The Morgan fingerprint density at radius 3 is 2.59 bits per heavy atom. The van der Waals surface area contributed by atoms with E-state index < -0.39 is 0 Å². The van der Waals surface area contributed by atoms with Gasteiger partial charge in [-0.2, -0.15) is 0 Å². The predicted molar refractivity (Wildman–Crippen MR) is 71.8 cm³/mol. The van der Waals surface area contributed by atoms with Crippen LogP contribution in [0.25, 0.3) is 0 Å². The number of nitrogens with zero attached hydrogens (tertiary/aromatic N) is 2. The molecule has 1 aliphatic rings. The number of aromatic nitrogens is 1. The molecule has 1 aliphatic carbocycles. The Morgan fingerprint density at radius 1 is 1.29 bits per heavy atom. The Morgan fingerprint density at radius 2 is 2.00 bits per heavy atom. The van der Waals surface area contributed by atoms with Crippen LogP contribution < -0.4 is 0 Å². The highest BCUT2D eigenvalue weighted by Crippen LogP contribution is 2.30. The zero-order chi connectivity index (χ0) is 12.3. The van der Waals surface area contributed by atoms with Crippen molar-refractivity contribution in [3.8, 4) is 0 Å². The Balaban J connectivity index is 1.98. The van der Waals surface area contributed by atoms with Crippen LogP contribution >= 0.6 is 0 Å². The van der Waals surface area contributed by atoms with Crippen molar-refractivity contribution in [3.63, 3.8) is 0 Å². The molecule has 0 N–H and O–H groups in total. The van der Waals surface area contributed by atoms with E-state index in [0.717, 1.165) is 12.0 Å². The van der Waals surface area contributed by atoms with Crippen LogP contribution in [0.2, 0.25) is 0 Å². The maximum Gasteiger partial charge on any atom is 0.0335 e. The number of hydrogen-bond acceptors (Lipinski definition) is 2. The number of rotatable bonds is 3. The summed E-state index contributed by atoms with van der Waals surface area (Å²) < 4.78 is 0. The van der Waals surface area contributed by atoms with Crippen LogP contribution in [0.3, 0.4) is 0 Å². The van der Waals surface area contributed by atoms with Gasteiger partial charge < -0.3 is 0 Å². The van der Waals surface area contributed by atoms with Crippen molar-refractivity contribution in [2.24, 2.45) is 5.92 Å². The van der Waals surface area contributed by atoms with E-state index in [4.69, 9.17) is 0 Å². The Hall–Kier alpha value is -0.890. The van der Waals surface area contributed by atoms with Crippen molar-refractivity contribution in [1.82, 2.24) is 9.88 Å². The molecule has 1 saturated carbocycles. The molecular formula is C15H24N2. The lowest BCUT2D eigenvalue weighted by Crippen LogP contribution is -2.36. The summed E-state index contributed by atoms with van der Waals surface area (Å²) in [5, 5.41) is 0. The molecule has 0 spiro atoms. The maximum absolute atomic E-state index is 4.22. The van der Waals surface area contributed by atoms with Crippen LogP contribution in [0.5, 0.6) is 0 Å². The van der Waals surface area contributed by atoms with Crippen LogP contribution in [-0.2, 0) is 0 Å². The van der Waals surface area contributed by atoms with E-state index in [2.05, 4.69) is 36.8 Å². The molecule has 0 aliphatic heterocycles. The van der Waals surface area contributed by atoms with Gasteiger partial charge in [-0.25, -0.2) is 0 Å². The summed E-state index contributed by atoms with van der Waals surface area (Å²) in [7, 11) is 2.26. The lowest BCUT2D eigenvalue weighted by Gasteiger charge is -2.37. The molecule has 0 amide bonds. The van der Waals surface area contributed by atoms with Crippen molar-refractivity contribution in [2.45, 2.75) is 51.6 Å². The van der Waals surface area contributed by atoms with Crippen molar-refractivity contribution < 1.29 is 0 Å². The Labute approximate surface area is 105 Å². The number of pyridine rings is 1. The molecule has 1 heterocycles. The molecule has 0 radical (unpaired) electrons. The highest BCUT2D eigenvalue weighted by molar-refractivity contribution is 5.13. The van der Waals surface area contributed by atoms with Gasteiger partial charge in [-0.15, -0.1) is 0 Å². The summed E-state index contributed by atoms with van der Waals surface area (Å²) in [4.78, 5) is 6.75. The fourth-order valence-electron chi connectivity index (χ4n) is 2.82. The highest BCUT2D eigenvalue weighted by Gasteiger charge is 2.25. The van der Waals surface area contributed by atoms with Gasteiger partial charge in [0.2, 0.25) is 0 Å². The number of hydrogen-bond donors (Lipinski definition) is 0. The highest BCUT2D eigenvalue weighted by atomic mass is 15.2. The van der Waals surface area contributed by atoms with Gasteiger partial charge in [-0.1, -0.05) is 13.0 Å². The molecule has 2 heteroatoms. The second-order valence-electron chi connectivity index (χ2n) is 5.54. The van der Waals surface area contributed by atoms with Gasteiger partial charge in [-0.3, -0.25) is 9.88 Å². The summed E-state index contributed by atoms with van der Waals surface area (Å²) in [5.74, 6) is 0.924. The van der Waals surface area contributed by atoms with Gasteiger partial charge in [-0.05, 0) is 57.2 Å². The van der Waals surface area contributed by atoms with Gasteiger partial charge in [0.25, 0.3) is 0 Å². The van der Waals surface area contributed by atoms with Gasteiger partial charge in [0.15, 0.2) is 0 Å². The fourth-order valence-corrected chi connectivity index (χ4v) is 2.82. The molecule has 1 atom stereocenters. The minimum Gasteiger partial charge on any atom is -0.297 e. The molecule has 17 heavy (non-hydrogen) atoms. The van der Waals surface area contributed by atoms with Crippen LogP contribution in [0.4, 0.5) is 0 Å². The third-order valence-corrected chi connectivity index (χ3v) is 4.34. The van der Waals surface area contributed by atoms with E-state index in [0.29, 0.717) is 6.04 Å². The van der Waals surface area contributed by atoms with E-state index in [1.807, 2.05) is 18.5 Å². The third kappa shape index (κ3) is 3.06. The maximum atomic E-state index is 4.22. The molecule has 1 aromatic rings. The molecule has 1 fully saturated rings. The summed E-state index contributed by atoms with van der Waals surface area (Å²) >= 11 is 0. The zero-order valence-corrected chi connectivity index (χ0v) is 11.3. The van der Waals surface area contributed by atoms with Crippen LogP contribution in [-0.4, -0.2) is 23.0 Å². The van der Waals surface area contributed by atoms with E-state index in [-0.39, 0.29) is 0 Å². The fraction of sp³-hybridized carbons (Fsp3) is 0.667. The first-order valence-electron chi connectivity index (χ1n) is 6.80. The van der Waals surface area contributed by atoms with E-state index in [1.165, 1.54) is 31.2 Å². The molecule has 0 bridgehead atoms. The van der Waals surface area contributed by atoms with E-state index in [1.54, 1.807) is 0 Å². The third-order valence-electron chi connectivity index (χ3n) is 4.34. The largest absolute Gasteiger partial charge is 0.297 e. The van der Waals surface area contributed by atoms with Crippen molar-refractivity contribution in [3.05, 3.63) is 30.1 Å². The summed E-state index contributed by atoms with van der Waals surface area (Å²) in [5.41, 5.74) is 1.33. The SMILES string of the molecule is CC(c1cccnc1)N(C)[C@H]1CC[C@H](C)CC1.